The van der Waals surface area contributed by atoms with Gasteiger partial charge in [0.05, 0.1) is 19.1 Å². The van der Waals surface area contributed by atoms with E-state index < -0.39 is 16.1 Å². The minimum atomic E-state index is -3.68. The smallest absolute Gasteiger partial charge is 0.243 e. The van der Waals surface area contributed by atoms with Gasteiger partial charge in [-0.3, -0.25) is 9.10 Å². The van der Waals surface area contributed by atoms with Crippen molar-refractivity contribution < 1.29 is 17.9 Å². The van der Waals surface area contributed by atoms with Gasteiger partial charge < -0.3 is 10.1 Å². The summed E-state index contributed by atoms with van der Waals surface area (Å²) in [7, 11) is -2.20. The van der Waals surface area contributed by atoms with Crippen LogP contribution in [0.5, 0.6) is 5.75 Å². The molecule has 0 aliphatic carbocycles. The Bertz CT molecular complexity index is 686. The van der Waals surface area contributed by atoms with Gasteiger partial charge in [0, 0.05) is 6.04 Å². The van der Waals surface area contributed by atoms with Crippen LogP contribution in [0.1, 0.15) is 33.3 Å². The molecule has 1 N–H and O–H groups in total. The zero-order chi connectivity index (χ0) is 18.7. The van der Waals surface area contributed by atoms with Crippen LogP contribution in [0.2, 0.25) is 0 Å². The molecule has 0 radical (unpaired) electrons. The standard InChI is InChI=1S/C17H28N2O4S/c1-11(2)13(4)18-17(20)14(5)19(24(7,21)22)15-10-12(3)8-9-16(15)23-6/h8-11,13-14H,1-7H3,(H,18,20)/t13-,14+/m0/s1. The van der Waals surface area contributed by atoms with E-state index in [-0.39, 0.29) is 17.9 Å². The lowest BCUT2D eigenvalue weighted by molar-refractivity contribution is -0.122. The Balaban J connectivity index is 3.29. The number of aryl methyl sites for hydroxylation is 1. The first-order valence-electron chi connectivity index (χ1n) is 7.93. The molecule has 0 fully saturated rings. The number of hydrogen-bond acceptors (Lipinski definition) is 4. The average molecular weight is 356 g/mol. The highest BCUT2D eigenvalue weighted by atomic mass is 32.2. The third-order valence-electron chi connectivity index (χ3n) is 4.03. The topological polar surface area (TPSA) is 75.7 Å². The van der Waals surface area contributed by atoms with Crippen molar-refractivity contribution in [1.82, 2.24) is 5.32 Å². The summed E-state index contributed by atoms with van der Waals surface area (Å²) in [4.78, 5) is 12.5. The SMILES string of the molecule is COc1ccc(C)cc1N([C@H](C)C(=O)N[C@@H](C)C(C)C)S(C)(=O)=O. The first kappa shape index (κ1) is 20.3. The Kier molecular flexibility index (Phi) is 6.66. The second-order valence-electron chi connectivity index (χ2n) is 6.45. The Morgan fingerprint density at radius 3 is 2.25 bits per heavy atom. The minimum Gasteiger partial charge on any atom is -0.495 e. The minimum absolute atomic E-state index is 0.0548. The van der Waals surface area contributed by atoms with Crippen LogP contribution >= 0.6 is 0 Å². The first-order valence-corrected chi connectivity index (χ1v) is 9.78. The van der Waals surface area contributed by atoms with Crippen molar-refractivity contribution in [2.45, 2.75) is 46.7 Å². The van der Waals surface area contributed by atoms with Crippen molar-refractivity contribution >= 4 is 21.6 Å². The molecule has 0 heterocycles. The number of amides is 1. The molecule has 0 aliphatic heterocycles. The molecule has 1 rings (SSSR count). The van der Waals surface area contributed by atoms with Crippen LogP contribution in [0.15, 0.2) is 18.2 Å². The van der Waals surface area contributed by atoms with Gasteiger partial charge in [0.15, 0.2) is 0 Å². The van der Waals surface area contributed by atoms with Gasteiger partial charge in [-0.1, -0.05) is 19.9 Å². The van der Waals surface area contributed by atoms with Crippen molar-refractivity contribution in [3.8, 4) is 5.75 Å². The maximum atomic E-state index is 12.5. The van der Waals surface area contributed by atoms with Crippen LogP contribution in [0, 0.1) is 12.8 Å². The van der Waals surface area contributed by atoms with Gasteiger partial charge >= 0.3 is 0 Å². The number of carbonyl (C=O) groups excluding carboxylic acids is 1. The number of carbonyl (C=O) groups is 1. The summed E-state index contributed by atoms with van der Waals surface area (Å²) in [5.41, 5.74) is 1.24. The molecule has 136 valence electrons. The number of benzene rings is 1. The van der Waals surface area contributed by atoms with Gasteiger partial charge in [-0.05, 0) is 44.4 Å². The lowest BCUT2D eigenvalue weighted by atomic mass is 10.1. The van der Waals surface area contributed by atoms with Gasteiger partial charge in [-0.2, -0.15) is 0 Å². The predicted molar refractivity (Wildman–Crippen MR) is 97.0 cm³/mol. The lowest BCUT2D eigenvalue weighted by Crippen LogP contribution is -2.50. The van der Waals surface area contributed by atoms with Crippen LogP contribution in [0.4, 0.5) is 5.69 Å². The monoisotopic (exact) mass is 356 g/mol. The van der Waals surface area contributed by atoms with Crippen molar-refractivity contribution in [3.05, 3.63) is 23.8 Å². The van der Waals surface area contributed by atoms with E-state index in [4.69, 9.17) is 4.74 Å². The van der Waals surface area contributed by atoms with Gasteiger partial charge in [0.1, 0.15) is 11.8 Å². The zero-order valence-corrected chi connectivity index (χ0v) is 16.3. The quantitative estimate of drug-likeness (QED) is 0.813. The molecule has 7 heteroatoms. The molecule has 1 aromatic carbocycles. The van der Waals surface area contributed by atoms with Crippen LogP contribution in [0.25, 0.3) is 0 Å². The van der Waals surface area contributed by atoms with E-state index in [1.165, 1.54) is 7.11 Å². The number of hydrogen-bond donors (Lipinski definition) is 1. The molecule has 24 heavy (non-hydrogen) atoms. The molecule has 0 bridgehead atoms. The van der Waals surface area contributed by atoms with Crippen LogP contribution in [0.3, 0.4) is 0 Å². The maximum Gasteiger partial charge on any atom is 0.243 e. The summed E-state index contributed by atoms with van der Waals surface area (Å²) in [5, 5.41) is 2.87. The summed E-state index contributed by atoms with van der Waals surface area (Å²) in [6, 6.07) is 4.28. The molecule has 2 atom stereocenters. The van der Waals surface area contributed by atoms with E-state index in [9.17, 15) is 13.2 Å². The van der Waals surface area contributed by atoms with Gasteiger partial charge in [0.25, 0.3) is 0 Å². The molecule has 0 saturated heterocycles. The highest BCUT2D eigenvalue weighted by molar-refractivity contribution is 7.92. The van der Waals surface area contributed by atoms with Crippen molar-refractivity contribution in [2.24, 2.45) is 5.92 Å². The van der Waals surface area contributed by atoms with Crippen LogP contribution < -0.4 is 14.4 Å². The summed E-state index contributed by atoms with van der Waals surface area (Å²) in [6.07, 6.45) is 1.09. The summed E-state index contributed by atoms with van der Waals surface area (Å²) >= 11 is 0. The lowest BCUT2D eigenvalue weighted by Gasteiger charge is -2.31. The Morgan fingerprint density at radius 2 is 1.79 bits per heavy atom. The van der Waals surface area contributed by atoms with Crippen molar-refractivity contribution in [1.29, 1.82) is 0 Å². The molecule has 1 aromatic rings. The molecule has 0 spiro atoms. The second-order valence-corrected chi connectivity index (χ2v) is 8.31. The van der Waals surface area contributed by atoms with Crippen molar-refractivity contribution in [3.63, 3.8) is 0 Å². The fourth-order valence-corrected chi connectivity index (χ4v) is 3.44. The van der Waals surface area contributed by atoms with E-state index in [0.29, 0.717) is 11.4 Å². The summed E-state index contributed by atoms with van der Waals surface area (Å²) in [6.45, 7) is 9.31. The Labute approximate surface area is 145 Å². The highest BCUT2D eigenvalue weighted by Crippen LogP contribution is 2.32. The first-order chi connectivity index (χ1) is 11.0. The normalized spacial score (nSPS) is 14.2. The summed E-state index contributed by atoms with van der Waals surface area (Å²) < 4.78 is 31.1. The number of sulfonamides is 1. The molecular formula is C17H28N2O4S. The fourth-order valence-electron chi connectivity index (χ4n) is 2.26. The molecule has 0 aliphatic rings. The highest BCUT2D eigenvalue weighted by Gasteiger charge is 2.32. The largest absolute Gasteiger partial charge is 0.495 e. The van der Waals surface area contributed by atoms with E-state index in [1.807, 2.05) is 33.8 Å². The van der Waals surface area contributed by atoms with Gasteiger partial charge in [0.2, 0.25) is 15.9 Å². The fraction of sp³-hybridized carbons (Fsp3) is 0.588. The molecule has 0 aromatic heterocycles. The summed E-state index contributed by atoms with van der Waals surface area (Å²) in [5.74, 6) is 0.314. The van der Waals surface area contributed by atoms with Gasteiger partial charge in [-0.25, -0.2) is 8.42 Å². The zero-order valence-electron chi connectivity index (χ0n) is 15.5. The Morgan fingerprint density at radius 1 is 1.21 bits per heavy atom. The van der Waals surface area contributed by atoms with E-state index in [1.54, 1.807) is 19.1 Å². The molecule has 1 amide bonds. The van der Waals surface area contributed by atoms with E-state index in [0.717, 1.165) is 16.1 Å². The predicted octanol–water partition coefficient (Wildman–Crippen LogP) is 2.32. The molecule has 0 saturated carbocycles. The Hall–Kier alpha value is -1.76. The average Bonchev–Trinajstić information content (AvgIpc) is 2.45. The third kappa shape index (κ3) is 4.87. The number of methoxy groups -OCH3 is 1. The number of nitrogens with zero attached hydrogens (tertiary/aromatic N) is 1. The molecule has 0 unspecified atom stereocenters. The van der Waals surface area contributed by atoms with Crippen LogP contribution in [-0.4, -0.2) is 39.8 Å². The number of rotatable bonds is 7. The second kappa shape index (κ2) is 7.88. The maximum absolute atomic E-state index is 12.5. The molecule has 6 nitrogen and oxygen atoms in total. The van der Waals surface area contributed by atoms with Gasteiger partial charge in [-0.15, -0.1) is 0 Å². The van der Waals surface area contributed by atoms with Crippen molar-refractivity contribution in [2.75, 3.05) is 17.7 Å². The van der Waals surface area contributed by atoms with Crippen LogP contribution in [-0.2, 0) is 14.8 Å². The third-order valence-corrected chi connectivity index (χ3v) is 5.26. The number of anilines is 1. The van der Waals surface area contributed by atoms with E-state index >= 15 is 0 Å². The number of ether oxygens (including phenoxy) is 1. The van der Waals surface area contributed by atoms with E-state index in [2.05, 4.69) is 5.32 Å². The number of nitrogens with one attached hydrogen (secondary N) is 1. The molecular weight excluding hydrogens is 328 g/mol.